The van der Waals surface area contributed by atoms with Crippen molar-refractivity contribution in [2.45, 2.75) is 45.6 Å². The molecule has 1 unspecified atom stereocenters. The molecule has 16 heavy (non-hydrogen) atoms. The van der Waals surface area contributed by atoms with Crippen LogP contribution in [0.1, 0.15) is 38.8 Å². The van der Waals surface area contributed by atoms with E-state index >= 15 is 0 Å². The van der Waals surface area contributed by atoms with Crippen molar-refractivity contribution in [3.05, 3.63) is 11.8 Å². The van der Waals surface area contributed by atoms with Crippen LogP contribution >= 0.6 is 0 Å². The van der Waals surface area contributed by atoms with Gasteiger partial charge in [-0.3, -0.25) is 9.89 Å². The van der Waals surface area contributed by atoms with Crippen molar-refractivity contribution >= 4 is 11.7 Å². The van der Waals surface area contributed by atoms with Crippen molar-refractivity contribution in [2.24, 2.45) is 5.73 Å². The number of aromatic nitrogens is 2. The van der Waals surface area contributed by atoms with Crippen LogP contribution in [-0.4, -0.2) is 22.1 Å². The number of nitrogens with zero attached hydrogens (tertiary/aromatic N) is 1. The number of nitrogens with one attached hydrogen (secondary N) is 2. The van der Waals surface area contributed by atoms with Crippen LogP contribution in [0.5, 0.6) is 0 Å². The van der Waals surface area contributed by atoms with Crippen LogP contribution in [0.3, 0.4) is 0 Å². The van der Waals surface area contributed by atoms with Crippen molar-refractivity contribution in [3.8, 4) is 0 Å². The third kappa shape index (κ3) is 4.02. The van der Waals surface area contributed by atoms with Gasteiger partial charge in [-0.1, -0.05) is 20.3 Å². The first-order valence-corrected chi connectivity index (χ1v) is 5.75. The number of aromatic amines is 1. The Kier molecular flexibility index (Phi) is 4.98. The van der Waals surface area contributed by atoms with E-state index in [1.54, 1.807) is 0 Å². The van der Waals surface area contributed by atoms with Gasteiger partial charge in [0.25, 0.3) is 0 Å². The Hall–Kier alpha value is -1.36. The predicted octanol–water partition coefficient (Wildman–Crippen LogP) is 1.43. The number of nitrogens with two attached hydrogens (primary N) is 1. The van der Waals surface area contributed by atoms with E-state index in [0.29, 0.717) is 12.2 Å². The van der Waals surface area contributed by atoms with E-state index in [-0.39, 0.29) is 11.9 Å². The van der Waals surface area contributed by atoms with Crippen molar-refractivity contribution in [3.63, 3.8) is 0 Å². The number of amides is 1. The van der Waals surface area contributed by atoms with Crippen LogP contribution in [0.4, 0.5) is 5.82 Å². The zero-order valence-electron chi connectivity index (χ0n) is 9.92. The maximum atomic E-state index is 11.6. The summed E-state index contributed by atoms with van der Waals surface area (Å²) in [5.41, 5.74) is 6.79. The predicted molar refractivity (Wildman–Crippen MR) is 64.1 cm³/mol. The van der Waals surface area contributed by atoms with E-state index in [2.05, 4.69) is 22.4 Å². The number of carbonyl (C=O) groups excluding carboxylic acids is 1. The lowest BCUT2D eigenvalue weighted by Gasteiger charge is -2.08. The van der Waals surface area contributed by atoms with E-state index < -0.39 is 0 Å². The van der Waals surface area contributed by atoms with E-state index in [1.165, 1.54) is 0 Å². The minimum absolute atomic E-state index is 0.0606. The molecule has 0 saturated carbocycles. The second kappa shape index (κ2) is 6.27. The first-order valence-electron chi connectivity index (χ1n) is 5.75. The summed E-state index contributed by atoms with van der Waals surface area (Å²) < 4.78 is 0. The van der Waals surface area contributed by atoms with Gasteiger partial charge in [-0.25, -0.2) is 0 Å². The molecular formula is C11H20N4O. The highest BCUT2D eigenvalue weighted by atomic mass is 16.1. The summed E-state index contributed by atoms with van der Waals surface area (Å²) >= 11 is 0. The molecule has 0 radical (unpaired) electrons. The highest BCUT2D eigenvalue weighted by molar-refractivity contribution is 5.90. The SMILES string of the molecule is CCCC(N)CC(=O)Nc1cc(CC)[nH]n1. The normalized spacial score (nSPS) is 12.4. The highest BCUT2D eigenvalue weighted by Crippen LogP contribution is 2.07. The van der Waals surface area contributed by atoms with Gasteiger partial charge < -0.3 is 11.1 Å². The van der Waals surface area contributed by atoms with E-state index in [1.807, 2.05) is 13.0 Å². The van der Waals surface area contributed by atoms with Crippen LogP contribution in [0, 0.1) is 0 Å². The zero-order chi connectivity index (χ0) is 12.0. The topological polar surface area (TPSA) is 83.8 Å². The van der Waals surface area contributed by atoms with Crippen molar-refractivity contribution in [1.82, 2.24) is 10.2 Å². The third-order valence-electron chi connectivity index (χ3n) is 2.39. The third-order valence-corrected chi connectivity index (χ3v) is 2.39. The van der Waals surface area contributed by atoms with Gasteiger partial charge >= 0.3 is 0 Å². The molecule has 0 bridgehead atoms. The van der Waals surface area contributed by atoms with E-state index in [9.17, 15) is 4.79 Å². The molecule has 4 N–H and O–H groups in total. The van der Waals surface area contributed by atoms with Crippen molar-refractivity contribution < 1.29 is 4.79 Å². The standard InChI is InChI=1S/C11H20N4O/c1-3-5-8(12)6-11(16)13-10-7-9(4-2)14-15-10/h7-8H,3-6,12H2,1-2H3,(H2,13,14,15,16). The number of hydrogen-bond acceptors (Lipinski definition) is 3. The molecule has 90 valence electrons. The Morgan fingerprint density at radius 2 is 2.38 bits per heavy atom. The first-order chi connectivity index (χ1) is 7.65. The fourth-order valence-corrected chi connectivity index (χ4v) is 1.51. The molecule has 5 nitrogen and oxygen atoms in total. The smallest absolute Gasteiger partial charge is 0.227 e. The summed E-state index contributed by atoms with van der Waals surface area (Å²) in [5, 5.41) is 9.55. The number of H-pyrrole nitrogens is 1. The largest absolute Gasteiger partial charge is 0.327 e. The maximum absolute atomic E-state index is 11.6. The van der Waals surface area contributed by atoms with E-state index in [4.69, 9.17) is 5.73 Å². The molecule has 0 aliphatic carbocycles. The molecular weight excluding hydrogens is 204 g/mol. The molecule has 0 spiro atoms. The minimum atomic E-state index is -0.0740. The second-order valence-electron chi connectivity index (χ2n) is 3.93. The molecule has 0 aliphatic rings. The molecule has 5 heteroatoms. The van der Waals surface area contributed by atoms with Crippen LogP contribution in [0.15, 0.2) is 6.07 Å². The molecule has 1 amide bonds. The Balaban J connectivity index is 2.39. The highest BCUT2D eigenvalue weighted by Gasteiger charge is 2.10. The van der Waals surface area contributed by atoms with Gasteiger partial charge in [0.2, 0.25) is 5.91 Å². The average molecular weight is 224 g/mol. The second-order valence-corrected chi connectivity index (χ2v) is 3.93. The lowest BCUT2D eigenvalue weighted by Crippen LogP contribution is -2.26. The fourth-order valence-electron chi connectivity index (χ4n) is 1.51. The summed E-state index contributed by atoms with van der Waals surface area (Å²) in [6.45, 7) is 4.08. The van der Waals surface area contributed by atoms with Crippen LogP contribution in [0.2, 0.25) is 0 Å². The van der Waals surface area contributed by atoms with Crippen molar-refractivity contribution in [2.75, 3.05) is 5.32 Å². The monoisotopic (exact) mass is 224 g/mol. The lowest BCUT2D eigenvalue weighted by atomic mass is 10.1. The quantitative estimate of drug-likeness (QED) is 0.683. The van der Waals surface area contributed by atoms with Gasteiger partial charge in [-0.05, 0) is 12.8 Å². The average Bonchev–Trinajstić information content (AvgIpc) is 2.65. The van der Waals surface area contributed by atoms with Gasteiger partial charge in [0.05, 0.1) is 0 Å². The Morgan fingerprint density at radius 1 is 1.62 bits per heavy atom. The molecule has 1 heterocycles. The molecule has 1 atom stereocenters. The van der Waals surface area contributed by atoms with Crippen LogP contribution in [-0.2, 0) is 11.2 Å². The Bertz CT molecular complexity index is 334. The number of aryl methyl sites for hydroxylation is 1. The number of carbonyl (C=O) groups is 1. The van der Waals surface area contributed by atoms with Gasteiger partial charge in [-0.15, -0.1) is 0 Å². The minimum Gasteiger partial charge on any atom is -0.327 e. The molecule has 1 aromatic heterocycles. The first kappa shape index (κ1) is 12.7. The van der Waals surface area contributed by atoms with Crippen molar-refractivity contribution in [1.29, 1.82) is 0 Å². The molecule has 0 fully saturated rings. The van der Waals surface area contributed by atoms with Crippen LogP contribution in [0.25, 0.3) is 0 Å². The molecule has 1 rings (SSSR count). The molecule has 0 saturated heterocycles. The zero-order valence-corrected chi connectivity index (χ0v) is 9.92. The fraction of sp³-hybridized carbons (Fsp3) is 0.636. The maximum Gasteiger partial charge on any atom is 0.227 e. The lowest BCUT2D eigenvalue weighted by molar-refractivity contribution is -0.116. The van der Waals surface area contributed by atoms with Gasteiger partial charge in [0.1, 0.15) is 0 Å². The summed E-state index contributed by atoms with van der Waals surface area (Å²) in [4.78, 5) is 11.6. The molecule has 0 aliphatic heterocycles. The summed E-state index contributed by atoms with van der Waals surface area (Å²) in [7, 11) is 0. The van der Waals surface area contributed by atoms with Gasteiger partial charge in [0, 0.05) is 24.2 Å². The number of rotatable bonds is 6. The van der Waals surface area contributed by atoms with E-state index in [0.717, 1.165) is 25.0 Å². The Morgan fingerprint density at radius 3 is 2.94 bits per heavy atom. The summed E-state index contributed by atoms with van der Waals surface area (Å²) in [6, 6.07) is 1.78. The number of anilines is 1. The molecule has 1 aromatic rings. The Labute approximate surface area is 95.8 Å². The molecule has 0 aromatic carbocycles. The van der Waals surface area contributed by atoms with Crippen LogP contribution < -0.4 is 11.1 Å². The summed E-state index contributed by atoms with van der Waals surface area (Å²) in [6.07, 6.45) is 3.09. The summed E-state index contributed by atoms with van der Waals surface area (Å²) in [5.74, 6) is 0.501. The number of hydrogen-bond donors (Lipinski definition) is 3. The van der Waals surface area contributed by atoms with Gasteiger partial charge in [0.15, 0.2) is 5.82 Å². The van der Waals surface area contributed by atoms with Gasteiger partial charge in [-0.2, -0.15) is 5.10 Å².